The zero-order valence-electron chi connectivity index (χ0n) is 15.7. The number of rotatable bonds is 3. The number of likely N-dealkylation sites (tertiary alicyclic amines) is 1. The number of hydrogen-bond acceptors (Lipinski definition) is 4. The molecule has 138 valence electrons. The first-order valence-corrected chi connectivity index (χ1v) is 8.94. The van der Waals surface area contributed by atoms with Crippen LogP contribution in [0.4, 0.5) is 0 Å². The molecule has 3 rings (SSSR count). The minimum Gasteiger partial charge on any atom is -0.352 e. The number of amides is 2. The summed E-state index contributed by atoms with van der Waals surface area (Å²) in [5.41, 5.74) is 4.33. The van der Waals surface area contributed by atoms with Crippen molar-refractivity contribution in [2.75, 3.05) is 13.1 Å². The number of nitriles is 1. The largest absolute Gasteiger partial charge is 0.352 e. The lowest BCUT2D eigenvalue weighted by atomic mass is 10.0. The number of nitrogens with zero attached hydrogens (tertiary/aromatic N) is 3. The van der Waals surface area contributed by atoms with Crippen LogP contribution in [0.5, 0.6) is 0 Å². The van der Waals surface area contributed by atoms with Gasteiger partial charge in [-0.2, -0.15) is 5.26 Å². The van der Waals surface area contributed by atoms with Crippen molar-refractivity contribution in [3.63, 3.8) is 0 Å². The van der Waals surface area contributed by atoms with Gasteiger partial charge in [-0.3, -0.25) is 14.6 Å². The van der Waals surface area contributed by atoms with Gasteiger partial charge < -0.3 is 10.2 Å². The van der Waals surface area contributed by atoms with E-state index in [1.807, 2.05) is 38.1 Å². The average molecular weight is 362 g/mol. The van der Waals surface area contributed by atoms with Gasteiger partial charge in [0.05, 0.1) is 17.0 Å². The molecule has 2 amide bonds. The summed E-state index contributed by atoms with van der Waals surface area (Å²) in [4.78, 5) is 30.3. The van der Waals surface area contributed by atoms with E-state index < -0.39 is 0 Å². The van der Waals surface area contributed by atoms with E-state index in [0.717, 1.165) is 23.2 Å². The molecule has 1 unspecified atom stereocenters. The second-order valence-corrected chi connectivity index (χ2v) is 6.91. The second kappa shape index (κ2) is 7.58. The highest BCUT2D eigenvalue weighted by Gasteiger charge is 2.27. The minimum atomic E-state index is -0.0751. The zero-order chi connectivity index (χ0) is 19.6. The molecule has 1 atom stereocenters. The molecule has 0 bridgehead atoms. The summed E-state index contributed by atoms with van der Waals surface area (Å²) in [6.07, 6.45) is 0.764. The molecule has 0 spiro atoms. The summed E-state index contributed by atoms with van der Waals surface area (Å²) in [5, 5.41) is 12.1. The fourth-order valence-corrected chi connectivity index (χ4v) is 3.49. The minimum absolute atomic E-state index is 0.0140. The number of carbonyl (C=O) groups excluding carboxylic acids is 2. The Balaban J connectivity index is 1.83. The standard InChI is InChI=1S/C21H22N4O2/c1-13-9-20(23-14(2)19(13)11-22)16-5-4-6-17(10-16)21(27)25-8-7-18(12-25)24-15(3)26/h4-6,9-10,18H,7-8,12H2,1-3H3,(H,24,26). The summed E-state index contributed by atoms with van der Waals surface area (Å²) in [7, 11) is 0. The number of nitrogens with one attached hydrogen (secondary N) is 1. The molecule has 1 aromatic heterocycles. The van der Waals surface area contributed by atoms with Crippen molar-refractivity contribution in [2.45, 2.75) is 33.2 Å². The van der Waals surface area contributed by atoms with E-state index in [9.17, 15) is 14.9 Å². The maximum Gasteiger partial charge on any atom is 0.253 e. The monoisotopic (exact) mass is 362 g/mol. The summed E-state index contributed by atoms with van der Waals surface area (Å²) in [5.74, 6) is -0.124. The number of carbonyl (C=O) groups is 2. The van der Waals surface area contributed by atoms with Crippen LogP contribution < -0.4 is 5.32 Å². The summed E-state index contributed by atoms with van der Waals surface area (Å²) in [6, 6.07) is 11.4. The van der Waals surface area contributed by atoms with E-state index in [1.165, 1.54) is 6.92 Å². The van der Waals surface area contributed by atoms with Gasteiger partial charge in [0.25, 0.3) is 5.91 Å². The predicted molar refractivity (Wildman–Crippen MR) is 102 cm³/mol. The maximum absolute atomic E-state index is 12.8. The molecule has 1 aromatic carbocycles. The van der Waals surface area contributed by atoms with Crippen molar-refractivity contribution in [1.82, 2.24) is 15.2 Å². The fourth-order valence-electron chi connectivity index (χ4n) is 3.49. The van der Waals surface area contributed by atoms with E-state index >= 15 is 0 Å². The van der Waals surface area contributed by atoms with Crippen LogP contribution in [-0.2, 0) is 4.79 Å². The highest BCUT2D eigenvalue weighted by atomic mass is 16.2. The van der Waals surface area contributed by atoms with Crippen molar-refractivity contribution >= 4 is 11.8 Å². The lowest BCUT2D eigenvalue weighted by molar-refractivity contribution is -0.119. The third kappa shape index (κ3) is 3.98. The SMILES string of the molecule is CC(=O)NC1CCN(C(=O)c2cccc(-c3cc(C)c(C#N)c(C)n3)c2)C1. The summed E-state index contributed by atoms with van der Waals surface area (Å²) < 4.78 is 0. The van der Waals surface area contributed by atoms with Gasteiger partial charge in [-0.05, 0) is 44.0 Å². The molecule has 1 saturated heterocycles. The Morgan fingerprint density at radius 1 is 1.30 bits per heavy atom. The first-order chi connectivity index (χ1) is 12.9. The molecule has 1 aliphatic rings. The Hall–Kier alpha value is -3.20. The highest BCUT2D eigenvalue weighted by molar-refractivity contribution is 5.95. The predicted octanol–water partition coefficient (Wildman–Crippen LogP) is 2.59. The van der Waals surface area contributed by atoms with Gasteiger partial charge in [0, 0.05) is 37.2 Å². The Labute approximate surface area is 158 Å². The van der Waals surface area contributed by atoms with E-state index in [4.69, 9.17) is 0 Å². The summed E-state index contributed by atoms with van der Waals surface area (Å²) in [6.45, 7) is 6.34. The van der Waals surface area contributed by atoms with Crippen molar-refractivity contribution in [3.05, 3.63) is 52.7 Å². The Morgan fingerprint density at radius 2 is 2.07 bits per heavy atom. The lowest BCUT2D eigenvalue weighted by Gasteiger charge is -2.17. The number of aromatic nitrogens is 1. The third-order valence-electron chi connectivity index (χ3n) is 4.80. The normalized spacial score (nSPS) is 16.1. The molecule has 0 aliphatic carbocycles. The van der Waals surface area contributed by atoms with Crippen molar-refractivity contribution in [2.24, 2.45) is 0 Å². The number of pyridine rings is 1. The van der Waals surface area contributed by atoms with Crippen molar-refractivity contribution < 1.29 is 9.59 Å². The highest BCUT2D eigenvalue weighted by Crippen LogP contribution is 2.24. The quantitative estimate of drug-likeness (QED) is 0.909. The van der Waals surface area contributed by atoms with E-state index in [1.54, 1.807) is 11.0 Å². The molecule has 1 fully saturated rings. The van der Waals surface area contributed by atoms with Gasteiger partial charge in [0.15, 0.2) is 0 Å². The van der Waals surface area contributed by atoms with Crippen LogP contribution in [0.25, 0.3) is 11.3 Å². The molecule has 2 heterocycles. The Kier molecular flexibility index (Phi) is 5.22. The molecule has 1 aliphatic heterocycles. The first kappa shape index (κ1) is 18.6. The lowest BCUT2D eigenvalue weighted by Crippen LogP contribution is -2.37. The van der Waals surface area contributed by atoms with Gasteiger partial charge in [0.1, 0.15) is 6.07 Å². The smallest absolute Gasteiger partial charge is 0.253 e. The van der Waals surface area contributed by atoms with Crippen LogP contribution in [0.3, 0.4) is 0 Å². The molecular weight excluding hydrogens is 340 g/mol. The van der Waals surface area contributed by atoms with Crippen LogP contribution in [0.15, 0.2) is 30.3 Å². The Bertz CT molecular complexity index is 922. The van der Waals surface area contributed by atoms with Crippen LogP contribution >= 0.6 is 0 Å². The maximum atomic E-state index is 12.8. The molecular formula is C21H22N4O2. The van der Waals surface area contributed by atoms with Crippen LogP contribution in [-0.4, -0.2) is 40.8 Å². The number of hydrogen-bond donors (Lipinski definition) is 1. The van der Waals surface area contributed by atoms with Gasteiger partial charge >= 0.3 is 0 Å². The zero-order valence-corrected chi connectivity index (χ0v) is 15.7. The van der Waals surface area contributed by atoms with Crippen LogP contribution in [0.1, 0.15) is 40.5 Å². The topological polar surface area (TPSA) is 86.1 Å². The first-order valence-electron chi connectivity index (χ1n) is 8.94. The molecule has 27 heavy (non-hydrogen) atoms. The van der Waals surface area contributed by atoms with Gasteiger partial charge in [-0.1, -0.05) is 12.1 Å². The fraction of sp³-hybridized carbons (Fsp3) is 0.333. The second-order valence-electron chi connectivity index (χ2n) is 6.91. The van der Waals surface area contributed by atoms with E-state index in [2.05, 4.69) is 16.4 Å². The van der Waals surface area contributed by atoms with Crippen molar-refractivity contribution in [3.8, 4) is 17.3 Å². The third-order valence-corrected chi connectivity index (χ3v) is 4.80. The van der Waals surface area contributed by atoms with E-state index in [0.29, 0.717) is 29.9 Å². The van der Waals surface area contributed by atoms with Crippen molar-refractivity contribution in [1.29, 1.82) is 5.26 Å². The molecule has 0 radical (unpaired) electrons. The van der Waals surface area contributed by atoms with Crippen LogP contribution in [0.2, 0.25) is 0 Å². The molecule has 0 saturated carbocycles. The summed E-state index contributed by atoms with van der Waals surface area (Å²) >= 11 is 0. The number of benzene rings is 1. The number of aryl methyl sites for hydroxylation is 2. The molecule has 6 nitrogen and oxygen atoms in total. The van der Waals surface area contributed by atoms with Gasteiger partial charge in [0.2, 0.25) is 5.91 Å². The Morgan fingerprint density at radius 3 is 2.74 bits per heavy atom. The molecule has 2 aromatic rings. The van der Waals surface area contributed by atoms with Crippen LogP contribution in [0, 0.1) is 25.2 Å². The van der Waals surface area contributed by atoms with Gasteiger partial charge in [-0.15, -0.1) is 0 Å². The van der Waals surface area contributed by atoms with Gasteiger partial charge in [-0.25, -0.2) is 0 Å². The average Bonchev–Trinajstić information content (AvgIpc) is 3.08. The molecule has 6 heteroatoms. The molecule has 1 N–H and O–H groups in total. The van der Waals surface area contributed by atoms with E-state index in [-0.39, 0.29) is 17.9 Å².